The molecule has 9 aromatic rings. The third-order valence-electron chi connectivity index (χ3n) is 9.43. The quantitative estimate of drug-likeness (QED) is 0.138. The standard InChI is InChI=1S/C45H32N2/c1-31-23-25-35(26-24-31)47(34-17-9-4-10-18-34)43-30-28-39-36-19-11-21-40-42(29-27-38(44(36)40)37-20-12-22-41(43)45(37)39)46(32-13-5-2-6-14-32)33-15-7-3-8-16-33/h2-30H,1H3. The predicted molar refractivity (Wildman–Crippen MR) is 202 cm³/mol. The van der Waals surface area contributed by atoms with Crippen LogP contribution in [0.2, 0.25) is 0 Å². The summed E-state index contributed by atoms with van der Waals surface area (Å²) in [6, 6.07) is 63.8. The molecule has 0 aliphatic carbocycles. The van der Waals surface area contributed by atoms with Gasteiger partial charge in [0.25, 0.3) is 0 Å². The third kappa shape index (κ3) is 4.41. The molecular weight excluding hydrogens is 569 g/mol. The highest BCUT2D eigenvalue weighted by Crippen LogP contribution is 2.48. The average molecular weight is 601 g/mol. The van der Waals surface area contributed by atoms with E-state index < -0.39 is 0 Å². The molecule has 0 aliphatic heterocycles. The van der Waals surface area contributed by atoms with Gasteiger partial charge in [-0.3, -0.25) is 0 Å². The van der Waals surface area contributed by atoms with Crippen molar-refractivity contribution in [1.82, 2.24) is 0 Å². The molecule has 9 aromatic carbocycles. The van der Waals surface area contributed by atoms with E-state index in [0.29, 0.717) is 0 Å². The first-order chi connectivity index (χ1) is 23.3. The smallest absolute Gasteiger partial charge is 0.0540 e. The summed E-state index contributed by atoms with van der Waals surface area (Å²) in [5, 5.41) is 10.2. The van der Waals surface area contributed by atoms with Gasteiger partial charge in [0, 0.05) is 33.5 Å². The van der Waals surface area contributed by atoms with Gasteiger partial charge in [0.05, 0.1) is 11.4 Å². The lowest BCUT2D eigenvalue weighted by Gasteiger charge is -2.29. The van der Waals surface area contributed by atoms with Gasteiger partial charge >= 0.3 is 0 Å². The van der Waals surface area contributed by atoms with E-state index in [4.69, 9.17) is 0 Å². The summed E-state index contributed by atoms with van der Waals surface area (Å²) >= 11 is 0. The fraction of sp³-hybridized carbons (Fsp3) is 0.0222. The van der Waals surface area contributed by atoms with Gasteiger partial charge in [-0.05, 0) is 99.9 Å². The van der Waals surface area contributed by atoms with E-state index in [1.807, 2.05) is 0 Å². The van der Waals surface area contributed by atoms with Crippen LogP contribution in [-0.2, 0) is 0 Å². The molecule has 0 heterocycles. The largest absolute Gasteiger partial charge is 0.310 e. The van der Waals surface area contributed by atoms with Crippen molar-refractivity contribution in [3.8, 4) is 0 Å². The van der Waals surface area contributed by atoms with Crippen molar-refractivity contribution in [3.05, 3.63) is 181 Å². The summed E-state index contributed by atoms with van der Waals surface area (Å²) in [6.45, 7) is 2.14. The van der Waals surface area contributed by atoms with Gasteiger partial charge in [-0.15, -0.1) is 0 Å². The normalized spacial score (nSPS) is 11.5. The molecule has 0 saturated carbocycles. The highest BCUT2D eigenvalue weighted by molar-refractivity contribution is 6.35. The van der Waals surface area contributed by atoms with E-state index in [9.17, 15) is 0 Å². The minimum absolute atomic E-state index is 1.14. The lowest BCUT2D eigenvalue weighted by atomic mass is 9.88. The molecule has 0 aromatic heterocycles. The Bertz CT molecular complexity index is 2440. The number of para-hydroxylation sites is 3. The van der Waals surface area contributed by atoms with Crippen LogP contribution in [0.5, 0.6) is 0 Å². The van der Waals surface area contributed by atoms with E-state index >= 15 is 0 Å². The number of fused-ring (bicyclic) bond motifs is 2. The summed E-state index contributed by atoms with van der Waals surface area (Å²) in [5.74, 6) is 0. The molecule has 2 heteroatoms. The summed E-state index contributed by atoms with van der Waals surface area (Å²) < 4.78 is 0. The van der Waals surface area contributed by atoms with Crippen molar-refractivity contribution >= 4 is 77.2 Å². The number of nitrogens with zero attached hydrogens (tertiary/aromatic N) is 2. The molecule has 0 N–H and O–H groups in total. The fourth-order valence-electron chi connectivity index (χ4n) is 7.35. The minimum Gasteiger partial charge on any atom is -0.310 e. The van der Waals surface area contributed by atoms with Crippen molar-refractivity contribution in [2.24, 2.45) is 0 Å². The Hall–Kier alpha value is -6.12. The molecule has 222 valence electrons. The summed E-state index contributed by atoms with van der Waals surface area (Å²) in [5.41, 5.74) is 8.16. The van der Waals surface area contributed by atoms with Crippen molar-refractivity contribution < 1.29 is 0 Å². The van der Waals surface area contributed by atoms with Crippen LogP contribution < -0.4 is 9.80 Å². The Morgan fingerprint density at radius 2 is 0.617 bits per heavy atom. The maximum atomic E-state index is 2.39. The Kier molecular flexibility index (Phi) is 6.39. The lowest BCUT2D eigenvalue weighted by molar-refractivity contribution is 1.29. The number of hydrogen-bond donors (Lipinski definition) is 0. The van der Waals surface area contributed by atoms with Crippen LogP contribution in [0.3, 0.4) is 0 Å². The second-order valence-corrected chi connectivity index (χ2v) is 12.2. The maximum Gasteiger partial charge on any atom is 0.0540 e. The number of benzene rings is 9. The van der Waals surface area contributed by atoms with E-state index in [2.05, 4.69) is 193 Å². The Balaban J connectivity index is 1.33. The van der Waals surface area contributed by atoms with Crippen LogP contribution in [-0.4, -0.2) is 0 Å². The van der Waals surface area contributed by atoms with E-state index in [0.717, 1.165) is 22.7 Å². The van der Waals surface area contributed by atoms with E-state index in [-0.39, 0.29) is 0 Å². The summed E-state index contributed by atoms with van der Waals surface area (Å²) in [6.07, 6.45) is 0. The Morgan fingerprint density at radius 3 is 1.02 bits per heavy atom. The number of aryl methyl sites for hydroxylation is 1. The average Bonchev–Trinajstić information content (AvgIpc) is 3.14. The number of hydrogen-bond acceptors (Lipinski definition) is 2. The Morgan fingerprint density at radius 1 is 0.277 bits per heavy atom. The van der Waals surface area contributed by atoms with Crippen molar-refractivity contribution in [2.45, 2.75) is 6.92 Å². The maximum absolute atomic E-state index is 2.39. The van der Waals surface area contributed by atoms with Crippen LogP contribution in [0.15, 0.2) is 176 Å². The molecule has 9 rings (SSSR count). The molecular formula is C45H32N2. The first kappa shape index (κ1) is 27.2. The van der Waals surface area contributed by atoms with Gasteiger partial charge in [0.15, 0.2) is 0 Å². The first-order valence-electron chi connectivity index (χ1n) is 16.2. The van der Waals surface area contributed by atoms with Gasteiger partial charge in [0.2, 0.25) is 0 Å². The minimum atomic E-state index is 1.14. The molecule has 47 heavy (non-hydrogen) atoms. The van der Waals surface area contributed by atoms with Crippen LogP contribution >= 0.6 is 0 Å². The molecule has 0 amide bonds. The molecule has 0 radical (unpaired) electrons. The predicted octanol–water partition coefficient (Wildman–Crippen LogP) is 13.0. The highest BCUT2D eigenvalue weighted by atomic mass is 15.1. The van der Waals surface area contributed by atoms with Gasteiger partial charge in [-0.25, -0.2) is 0 Å². The zero-order valence-corrected chi connectivity index (χ0v) is 26.1. The monoisotopic (exact) mass is 600 g/mol. The van der Waals surface area contributed by atoms with Crippen molar-refractivity contribution in [3.63, 3.8) is 0 Å². The Labute approximate surface area is 274 Å². The molecule has 0 atom stereocenters. The van der Waals surface area contributed by atoms with Crippen LogP contribution in [0, 0.1) is 6.92 Å². The van der Waals surface area contributed by atoms with Crippen LogP contribution in [0.1, 0.15) is 5.56 Å². The lowest BCUT2D eigenvalue weighted by Crippen LogP contribution is -2.11. The summed E-state index contributed by atoms with van der Waals surface area (Å²) in [7, 11) is 0. The fourth-order valence-corrected chi connectivity index (χ4v) is 7.35. The van der Waals surface area contributed by atoms with Gasteiger partial charge < -0.3 is 9.80 Å². The topological polar surface area (TPSA) is 6.48 Å². The summed E-state index contributed by atoms with van der Waals surface area (Å²) in [4.78, 5) is 4.76. The molecule has 0 fully saturated rings. The highest BCUT2D eigenvalue weighted by Gasteiger charge is 2.22. The zero-order chi connectivity index (χ0) is 31.3. The molecule has 0 saturated heterocycles. The zero-order valence-electron chi connectivity index (χ0n) is 26.1. The SMILES string of the molecule is Cc1ccc(N(c2ccccc2)c2ccc3c4cccc5c(N(c6ccccc6)c6ccccc6)ccc(c6cccc2c63)c54)cc1. The molecule has 0 aliphatic rings. The molecule has 0 unspecified atom stereocenters. The van der Waals surface area contributed by atoms with Gasteiger partial charge in [0.1, 0.15) is 0 Å². The molecule has 2 nitrogen and oxygen atoms in total. The molecule has 0 spiro atoms. The second-order valence-electron chi connectivity index (χ2n) is 12.2. The van der Waals surface area contributed by atoms with Crippen LogP contribution in [0.25, 0.3) is 43.1 Å². The van der Waals surface area contributed by atoms with Crippen molar-refractivity contribution in [2.75, 3.05) is 9.80 Å². The second kappa shape index (κ2) is 11.0. The van der Waals surface area contributed by atoms with E-state index in [1.54, 1.807) is 0 Å². The van der Waals surface area contributed by atoms with Gasteiger partial charge in [-0.1, -0.05) is 121 Å². The van der Waals surface area contributed by atoms with Crippen molar-refractivity contribution in [1.29, 1.82) is 0 Å². The van der Waals surface area contributed by atoms with Crippen LogP contribution in [0.4, 0.5) is 34.1 Å². The number of anilines is 6. The first-order valence-corrected chi connectivity index (χ1v) is 16.2. The number of rotatable bonds is 6. The van der Waals surface area contributed by atoms with E-state index in [1.165, 1.54) is 60.0 Å². The molecule has 0 bridgehead atoms. The third-order valence-corrected chi connectivity index (χ3v) is 9.43. The van der Waals surface area contributed by atoms with Gasteiger partial charge in [-0.2, -0.15) is 0 Å².